The Morgan fingerprint density at radius 2 is 1.72 bits per heavy atom. The van der Waals surface area contributed by atoms with Crippen LogP contribution in [-0.4, -0.2) is 35.6 Å². The van der Waals surface area contributed by atoms with Crippen LogP contribution >= 0.6 is 0 Å². The summed E-state index contributed by atoms with van der Waals surface area (Å²) in [7, 11) is 0. The molecule has 3 aromatic rings. The fourth-order valence-electron chi connectivity index (χ4n) is 2.71. The molecule has 1 amide bonds. The van der Waals surface area contributed by atoms with E-state index in [0.717, 1.165) is 5.56 Å². The second-order valence-electron chi connectivity index (χ2n) is 5.72. The Labute approximate surface area is 145 Å². The SMILES string of the molecule is O=C(c1cc(=O)c2ccccc2o1)N(CCO)CCc1ccccc1. The van der Waals surface area contributed by atoms with Gasteiger partial charge in [-0.2, -0.15) is 0 Å². The van der Waals surface area contributed by atoms with E-state index in [1.165, 1.54) is 11.0 Å². The lowest BCUT2D eigenvalue weighted by Gasteiger charge is -2.21. The number of nitrogens with zero attached hydrogens (tertiary/aromatic N) is 1. The smallest absolute Gasteiger partial charge is 0.289 e. The van der Waals surface area contributed by atoms with E-state index in [2.05, 4.69) is 0 Å². The minimum absolute atomic E-state index is 0.00906. The molecule has 0 saturated heterocycles. The fraction of sp³-hybridized carbons (Fsp3) is 0.200. The van der Waals surface area contributed by atoms with Gasteiger partial charge in [-0.25, -0.2) is 0 Å². The van der Waals surface area contributed by atoms with Crippen molar-refractivity contribution < 1.29 is 14.3 Å². The Kier molecular flexibility index (Phi) is 5.26. The number of carbonyl (C=O) groups is 1. The van der Waals surface area contributed by atoms with E-state index in [9.17, 15) is 14.7 Å². The molecule has 0 atom stereocenters. The lowest BCUT2D eigenvalue weighted by Crippen LogP contribution is -2.35. The lowest BCUT2D eigenvalue weighted by atomic mass is 10.1. The van der Waals surface area contributed by atoms with Crippen LogP contribution in [0.1, 0.15) is 16.1 Å². The summed E-state index contributed by atoms with van der Waals surface area (Å²) in [6, 6.07) is 17.8. The fourth-order valence-corrected chi connectivity index (χ4v) is 2.71. The highest BCUT2D eigenvalue weighted by atomic mass is 16.3. The maximum absolute atomic E-state index is 12.7. The van der Waals surface area contributed by atoms with Gasteiger partial charge in [-0.3, -0.25) is 9.59 Å². The molecule has 0 aliphatic carbocycles. The second kappa shape index (κ2) is 7.77. The van der Waals surface area contributed by atoms with Gasteiger partial charge in [0.1, 0.15) is 5.58 Å². The Morgan fingerprint density at radius 1 is 1.00 bits per heavy atom. The van der Waals surface area contributed by atoms with E-state index >= 15 is 0 Å². The first kappa shape index (κ1) is 16.9. The van der Waals surface area contributed by atoms with E-state index in [1.807, 2.05) is 30.3 Å². The summed E-state index contributed by atoms with van der Waals surface area (Å²) >= 11 is 0. The minimum Gasteiger partial charge on any atom is -0.451 e. The van der Waals surface area contributed by atoms with Gasteiger partial charge in [0.15, 0.2) is 11.2 Å². The average Bonchev–Trinajstić information content (AvgIpc) is 2.65. The quantitative estimate of drug-likeness (QED) is 0.750. The summed E-state index contributed by atoms with van der Waals surface area (Å²) in [6.45, 7) is 0.459. The van der Waals surface area contributed by atoms with Gasteiger partial charge in [0.25, 0.3) is 5.91 Å². The molecular weight excluding hydrogens is 318 g/mol. The number of hydrogen-bond donors (Lipinski definition) is 1. The van der Waals surface area contributed by atoms with Gasteiger partial charge in [-0.15, -0.1) is 0 Å². The van der Waals surface area contributed by atoms with Crippen LogP contribution in [0.25, 0.3) is 11.0 Å². The van der Waals surface area contributed by atoms with Gasteiger partial charge in [0.2, 0.25) is 0 Å². The predicted molar refractivity (Wildman–Crippen MR) is 95.6 cm³/mol. The first-order valence-electron chi connectivity index (χ1n) is 8.16. The number of rotatable bonds is 6. The van der Waals surface area contributed by atoms with Crippen molar-refractivity contribution in [2.45, 2.75) is 6.42 Å². The maximum atomic E-state index is 12.7. The van der Waals surface area contributed by atoms with Crippen LogP contribution in [0.5, 0.6) is 0 Å². The van der Waals surface area contributed by atoms with Gasteiger partial charge < -0.3 is 14.4 Å². The largest absolute Gasteiger partial charge is 0.451 e. The number of hydrogen-bond acceptors (Lipinski definition) is 4. The molecule has 0 bridgehead atoms. The number of para-hydroxylation sites is 1. The zero-order chi connectivity index (χ0) is 17.6. The summed E-state index contributed by atoms with van der Waals surface area (Å²) in [5, 5.41) is 9.71. The molecule has 5 nitrogen and oxygen atoms in total. The van der Waals surface area contributed by atoms with Crippen molar-refractivity contribution in [3.63, 3.8) is 0 Å². The number of amides is 1. The molecule has 25 heavy (non-hydrogen) atoms. The Morgan fingerprint density at radius 3 is 2.48 bits per heavy atom. The van der Waals surface area contributed by atoms with Crippen LogP contribution < -0.4 is 5.43 Å². The molecule has 0 radical (unpaired) electrons. The summed E-state index contributed by atoms with van der Waals surface area (Å²) < 4.78 is 5.61. The standard InChI is InChI=1S/C20H19NO4/c22-13-12-21(11-10-15-6-2-1-3-7-15)20(24)19-14-17(23)16-8-4-5-9-18(16)25-19/h1-9,14,22H,10-13H2. The van der Waals surface area contributed by atoms with Crippen LogP contribution in [0.4, 0.5) is 0 Å². The molecule has 0 spiro atoms. The average molecular weight is 337 g/mol. The zero-order valence-corrected chi connectivity index (χ0v) is 13.7. The van der Waals surface area contributed by atoms with Crippen LogP contribution in [0.2, 0.25) is 0 Å². The van der Waals surface area contributed by atoms with Crippen molar-refractivity contribution in [3.05, 3.63) is 82.2 Å². The van der Waals surface area contributed by atoms with Crippen LogP contribution in [0, 0.1) is 0 Å². The number of benzene rings is 2. The molecular formula is C20H19NO4. The number of aliphatic hydroxyl groups excluding tert-OH is 1. The Balaban J connectivity index is 1.83. The van der Waals surface area contributed by atoms with Crippen molar-refractivity contribution in [3.8, 4) is 0 Å². The first-order valence-corrected chi connectivity index (χ1v) is 8.16. The second-order valence-corrected chi connectivity index (χ2v) is 5.72. The number of aliphatic hydroxyl groups is 1. The monoisotopic (exact) mass is 337 g/mol. The molecule has 1 aromatic heterocycles. The van der Waals surface area contributed by atoms with E-state index in [0.29, 0.717) is 23.9 Å². The summed E-state index contributed by atoms with van der Waals surface area (Å²) in [6.07, 6.45) is 0.657. The van der Waals surface area contributed by atoms with Crippen molar-refractivity contribution in [1.29, 1.82) is 0 Å². The highest BCUT2D eigenvalue weighted by molar-refractivity contribution is 5.93. The number of carbonyl (C=O) groups excluding carboxylic acids is 1. The van der Waals surface area contributed by atoms with Crippen LogP contribution in [-0.2, 0) is 6.42 Å². The van der Waals surface area contributed by atoms with Crippen LogP contribution in [0.15, 0.2) is 69.9 Å². The molecule has 0 fully saturated rings. The highest BCUT2D eigenvalue weighted by Gasteiger charge is 2.19. The number of fused-ring (bicyclic) bond motifs is 1. The molecule has 3 rings (SSSR count). The topological polar surface area (TPSA) is 70.8 Å². The van der Waals surface area contributed by atoms with Crippen molar-refractivity contribution in [2.75, 3.05) is 19.7 Å². The Bertz CT molecular complexity index is 918. The minimum atomic E-state index is -0.396. The van der Waals surface area contributed by atoms with Crippen molar-refractivity contribution >= 4 is 16.9 Å². The van der Waals surface area contributed by atoms with Gasteiger partial charge in [-0.05, 0) is 24.1 Å². The molecule has 1 heterocycles. The van der Waals surface area contributed by atoms with Gasteiger partial charge >= 0.3 is 0 Å². The molecule has 2 aromatic carbocycles. The normalized spacial score (nSPS) is 10.8. The van der Waals surface area contributed by atoms with Gasteiger partial charge in [-0.1, -0.05) is 42.5 Å². The third-order valence-electron chi connectivity index (χ3n) is 4.02. The van der Waals surface area contributed by atoms with Gasteiger partial charge in [0, 0.05) is 19.2 Å². The Hall–Kier alpha value is -2.92. The molecule has 1 N–H and O–H groups in total. The van der Waals surface area contributed by atoms with Crippen LogP contribution in [0.3, 0.4) is 0 Å². The zero-order valence-electron chi connectivity index (χ0n) is 13.7. The highest BCUT2D eigenvalue weighted by Crippen LogP contribution is 2.14. The summed E-state index contributed by atoms with van der Waals surface area (Å²) in [4.78, 5) is 26.4. The molecule has 0 aliphatic heterocycles. The van der Waals surface area contributed by atoms with E-state index in [1.54, 1.807) is 24.3 Å². The van der Waals surface area contributed by atoms with Crippen molar-refractivity contribution in [1.82, 2.24) is 4.90 Å². The third-order valence-corrected chi connectivity index (χ3v) is 4.02. The summed E-state index contributed by atoms with van der Waals surface area (Å²) in [5.74, 6) is -0.405. The molecule has 128 valence electrons. The molecule has 0 unspecified atom stereocenters. The summed E-state index contributed by atoms with van der Waals surface area (Å²) in [5.41, 5.74) is 1.22. The van der Waals surface area contributed by atoms with Gasteiger partial charge in [0.05, 0.1) is 12.0 Å². The van der Waals surface area contributed by atoms with E-state index in [-0.39, 0.29) is 24.3 Å². The van der Waals surface area contributed by atoms with E-state index < -0.39 is 5.91 Å². The molecule has 0 saturated carbocycles. The molecule has 0 aliphatic rings. The maximum Gasteiger partial charge on any atom is 0.289 e. The molecule has 5 heteroatoms. The lowest BCUT2D eigenvalue weighted by molar-refractivity contribution is 0.0693. The third kappa shape index (κ3) is 3.95. The predicted octanol–water partition coefficient (Wildman–Crippen LogP) is 2.47. The first-order chi connectivity index (χ1) is 12.2. The van der Waals surface area contributed by atoms with Crippen molar-refractivity contribution in [2.24, 2.45) is 0 Å². The van der Waals surface area contributed by atoms with E-state index in [4.69, 9.17) is 4.42 Å².